The molecule has 162 valence electrons. The molecule has 1 heterocycles. The van der Waals surface area contributed by atoms with Crippen molar-refractivity contribution < 1.29 is 24.1 Å². The molecule has 2 aromatic carbocycles. The van der Waals surface area contributed by atoms with Crippen molar-refractivity contribution in [1.82, 2.24) is 0 Å². The summed E-state index contributed by atoms with van der Waals surface area (Å²) in [7, 11) is 1.66. The summed E-state index contributed by atoms with van der Waals surface area (Å²) in [5, 5.41) is 3.03. The molecule has 0 radical (unpaired) electrons. The van der Waals surface area contributed by atoms with Crippen LogP contribution in [0.25, 0.3) is 0 Å². The molecule has 0 atom stereocenters. The summed E-state index contributed by atoms with van der Waals surface area (Å²) < 4.78 is 11.0. The van der Waals surface area contributed by atoms with Crippen LogP contribution in [0.5, 0.6) is 11.5 Å². The van der Waals surface area contributed by atoms with Gasteiger partial charge in [0.25, 0.3) is 5.91 Å². The summed E-state index contributed by atoms with van der Waals surface area (Å²) in [6.45, 7) is 10.7. The third-order valence-electron chi connectivity index (χ3n) is 5.72. The number of benzene rings is 2. The molecule has 0 unspecified atom stereocenters. The van der Waals surface area contributed by atoms with Crippen LogP contribution in [0.15, 0.2) is 48.5 Å². The van der Waals surface area contributed by atoms with E-state index >= 15 is 0 Å². The molecule has 0 aromatic heterocycles. The molecule has 0 saturated carbocycles. The van der Waals surface area contributed by atoms with Crippen molar-refractivity contribution in [2.24, 2.45) is 0 Å². The topological polar surface area (TPSA) is 56.4 Å². The lowest BCUT2D eigenvalue weighted by Crippen LogP contribution is -3.28. The first-order chi connectivity index (χ1) is 14.5. The number of rotatable bonds is 9. The van der Waals surface area contributed by atoms with Gasteiger partial charge in [-0.15, -0.1) is 0 Å². The Morgan fingerprint density at radius 1 is 0.933 bits per heavy atom. The number of piperazine rings is 1. The first-order valence-corrected chi connectivity index (χ1v) is 10.9. The second kappa shape index (κ2) is 11.0. The zero-order valence-corrected chi connectivity index (χ0v) is 18.4. The Morgan fingerprint density at radius 3 is 2.13 bits per heavy atom. The van der Waals surface area contributed by atoms with Gasteiger partial charge in [-0.3, -0.25) is 4.79 Å². The summed E-state index contributed by atoms with van der Waals surface area (Å²) in [5.41, 5.74) is 2.16. The van der Waals surface area contributed by atoms with Crippen molar-refractivity contribution in [1.29, 1.82) is 0 Å². The first-order valence-electron chi connectivity index (χ1n) is 10.9. The van der Waals surface area contributed by atoms with E-state index in [4.69, 9.17) is 9.47 Å². The van der Waals surface area contributed by atoms with Crippen LogP contribution in [0.3, 0.4) is 0 Å². The fraction of sp³-hybridized carbons (Fsp3) is 0.458. The van der Waals surface area contributed by atoms with Gasteiger partial charge >= 0.3 is 0 Å². The number of ether oxygens (including phenoxy) is 2. The molecule has 1 saturated heterocycles. The number of methoxy groups -OCH3 is 1. The second-order valence-electron chi connectivity index (χ2n) is 8.28. The van der Waals surface area contributed by atoms with E-state index in [0.717, 1.165) is 49.9 Å². The lowest BCUT2D eigenvalue weighted by Gasteiger charge is -2.29. The molecular weight excluding hydrogens is 378 g/mol. The quantitative estimate of drug-likeness (QED) is 0.565. The minimum atomic E-state index is 0.0913. The molecule has 1 aliphatic heterocycles. The predicted molar refractivity (Wildman–Crippen MR) is 119 cm³/mol. The monoisotopic (exact) mass is 413 g/mol. The van der Waals surface area contributed by atoms with E-state index in [2.05, 4.69) is 31.3 Å². The van der Waals surface area contributed by atoms with Gasteiger partial charge in [-0.2, -0.15) is 0 Å². The summed E-state index contributed by atoms with van der Waals surface area (Å²) in [6.07, 6.45) is 0. The van der Waals surface area contributed by atoms with E-state index in [-0.39, 0.29) is 5.91 Å². The lowest BCUT2D eigenvalue weighted by atomic mass is 10.0. The largest absolute Gasteiger partial charge is 0.497 e. The average Bonchev–Trinajstić information content (AvgIpc) is 2.76. The van der Waals surface area contributed by atoms with E-state index in [1.165, 1.54) is 15.4 Å². The Bertz CT molecular complexity index is 782. The molecule has 0 spiro atoms. The molecule has 1 aliphatic rings. The van der Waals surface area contributed by atoms with Crippen molar-refractivity contribution in [3.8, 4) is 11.5 Å². The molecular formula is C24H35N3O3+2. The minimum absolute atomic E-state index is 0.0913. The normalized spacial score (nSPS) is 18.8. The molecule has 30 heavy (non-hydrogen) atoms. The van der Waals surface area contributed by atoms with Gasteiger partial charge in [0.2, 0.25) is 0 Å². The summed E-state index contributed by atoms with van der Waals surface area (Å²) in [4.78, 5) is 15.3. The summed E-state index contributed by atoms with van der Waals surface area (Å²) in [6, 6.07) is 15.9. The maximum atomic E-state index is 12.4. The number of hydrogen-bond donors (Lipinski definition) is 3. The van der Waals surface area contributed by atoms with Crippen LogP contribution < -0.4 is 24.6 Å². The van der Waals surface area contributed by atoms with Gasteiger partial charge in [0, 0.05) is 5.69 Å². The van der Waals surface area contributed by atoms with Gasteiger partial charge in [-0.05, 0) is 47.9 Å². The van der Waals surface area contributed by atoms with Crippen LogP contribution >= 0.6 is 0 Å². The van der Waals surface area contributed by atoms with Crippen LogP contribution in [0.2, 0.25) is 0 Å². The molecule has 3 rings (SSSR count). The van der Waals surface area contributed by atoms with E-state index in [1.807, 2.05) is 36.4 Å². The highest BCUT2D eigenvalue weighted by Gasteiger charge is 2.24. The average molecular weight is 414 g/mol. The van der Waals surface area contributed by atoms with E-state index in [1.54, 1.807) is 7.11 Å². The Morgan fingerprint density at radius 2 is 1.53 bits per heavy atom. The van der Waals surface area contributed by atoms with Crippen molar-refractivity contribution in [2.45, 2.75) is 19.8 Å². The lowest BCUT2D eigenvalue weighted by molar-refractivity contribution is -1.01. The highest BCUT2D eigenvalue weighted by molar-refractivity contribution is 5.91. The van der Waals surface area contributed by atoms with Gasteiger partial charge in [0.15, 0.2) is 6.54 Å². The molecule has 2 aromatic rings. The number of quaternary nitrogens is 2. The number of hydrogen-bond acceptors (Lipinski definition) is 3. The predicted octanol–water partition coefficient (Wildman–Crippen LogP) is 0.620. The molecule has 3 N–H and O–H groups in total. The Kier molecular flexibility index (Phi) is 8.11. The zero-order valence-electron chi connectivity index (χ0n) is 18.4. The maximum Gasteiger partial charge on any atom is 0.279 e. The third-order valence-corrected chi connectivity index (χ3v) is 5.72. The second-order valence-corrected chi connectivity index (χ2v) is 8.28. The van der Waals surface area contributed by atoms with E-state index in [0.29, 0.717) is 19.1 Å². The standard InChI is InChI=1S/C24H33N3O3/c1-19(2)20-4-6-21(7-5-20)25-24(28)18-27-14-12-26(13-15-27)16-17-30-23-10-8-22(29-3)9-11-23/h4-11,19H,12-18H2,1-3H3,(H,25,28)/p+2. The number of nitrogens with one attached hydrogen (secondary N) is 3. The first kappa shape index (κ1) is 22.1. The fourth-order valence-corrected chi connectivity index (χ4v) is 3.75. The number of anilines is 1. The Hall–Kier alpha value is -2.57. The van der Waals surface area contributed by atoms with Crippen molar-refractivity contribution in [3.05, 3.63) is 54.1 Å². The smallest absolute Gasteiger partial charge is 0.279 e. The highest BCUT2D eigenvalue weighted by Crippen LogP contribution is 2.17. The minimum Gasteiger partial charge on any atom is -0.497 e. The number of amides is 1. The van der Waals surface area contributed by atoms with E-state index in [9.17, 15) is 4.79 Å². The molecule has 1 fully saturated rings. The van der Waals surface area contributed by atoms with Crippen LogP contribution in [-0.2, 0) is 4.79 Å². The number of carbonyl (C=O) groups is 1. The van der Waals surface area contributed by atoms with Crippen LogP contribution in [0.1, 0.15) is 25.3 Å². The van der Waals surface area contributed by atoms with Crippen LogP contribution in [0, 0.1) is 0 Å². The van der Waals surface area contributed by atoms with Crippen molar-refractivity contribution in [3.63, 3.8) is 0 Å². The molecule has 6 heteroatoms. The maximum absolute atomic E-state index is 12.4. The summed E-state index contributed by atoms with van der Waals surface area (Å²) >= 11 is 0. The van der Waals surface area contributed by atoms with Crippen LogP contribution in [0.4, 0.5) is 5.69 Å². The Labute approximate surface area is 179 Å². The van der Waals surface area contributed by atoms with Gasteiger partial charge < -0.3 is 24.6 Å². The van der Waals surface area contributed by atoms with Crippen molar-refractivity contribution in [2.75, 3.05) is 58.3 Å². The van der Waals surface area contributed by atoms with E-state index < -0.39 is 0 Å². The molecule has 0 aliphatic carbocycles. The third kappa shape index (κ3) is 6.75. The van der Waals surface area contributed by atoms with Gasteiger partial charge in [-0.25, -0.2) is 0 Å². The van der Waals surface area contributed by atoms with Gasteiger partial charge in [-0.1, -0.05) is 26.0 Å². The summed E-state index contributed by atoms with van der Waals surface area (Å²) in [5.74, 6) is 2.30. The zero-order chi connectivity index (χ0) is 21.3. The molecule has 6 nitrogen and oxygen atoms in total. The molecule has 0 bridgehead atoms. The highest BCUT2D eigenvalue weighted by atomic mass is 16.5. The van der Waals surface area contributed by atoms with Crippen LogP contribution in [-0.4, -0.2) is 58.9 Å². The van der Waals surface area contributed by atoms with Gasteiger partial charge in [0.05, 0.1) is 7.11 Å². The van der Waals surface area contributed by atoms with Gasteiger partial charge in [0.1, 0.15) is 50.8 Å². The SMILES string of the molecule is COc1ccc(OCC[NH+]2CC[NH+](CC(=O)Nc3ccc(C(C)C)cc3)CC2)cc1. The van der Waals surface area contributed by atoms with Crippen molar-refractivity contribution >= 4 is 11.6 Å². The number of carbonyl (C=O) groups excluding carboxylic acids is 1. The molecule has 1 amide bonds. The Balaban J connectivity index is 1.33. The fourth-order valence-electron chi connectivity index (χ4n) is 3.75.